The summed E-state index contributed by atoms with van der Waals surface area (Å²) in [5, 5.41) is 0. The van der Waals surface area contributed by atoms with Gasteiger partial charge in [0.15, 0.2) is 5.82 Å². The van der Waals surface area contributed by atoms with Crippen LogP contribution in [0, 0.1) is 13.8 Å². The van der Waals surface area contributed by atoms with Gasteiger partial charge in [-0.15, -0.1) is 0 Å². The third kappa shape index (κ3) is 5.16. The molecular formula is C54H37N3. The van der Waals surface area contributed by atoms with Gasteiger partial charge in [-0.3, -0.25) is 4.98 Å². The lowest BCUT2D eigenvalue weighted by Crippen LogP contribution is -2.26. The number of fused-ring (bicyclic) bond motifs is 10. The average Bonchev–Trinajstić information content (AvgIpc) is 3.73. The third-order valence-electron chi connectivity index (χ3n) is 12.0. The van der Waals surface area contributed by atoms with Crippen LogP contribution in [0.25, 0.3) is 78.4 Å². The number of hydrogen-bond donors (Lipinski definition) is 0. The largest absolute Gasteiger partial charge is 0.258 e. The van der Waals surface area contributed by atoms with E-state index in [2.05, 4.69) is 171 Å². The first kappa shape index (κ1) is 33.1. The lowest BCUT2D eigenvalue weighted by Gasteiger charge is -2.31. The summed E-state index contributed by atoms with van der Waals surface area (Å²) in [5.41, 5.74) is 21.5. The molecule has 0 saturated carbocycles. The number of benzene rings is 7. The van der Waals surface area contributed by atoms with Crippen LogP contribution in [0.2, 0.25) is 0 Å². The molecule has 11 rings (SSSR count). The standard InChI is InChI=1S/C54H37N3/c1-34-21-28-42(35(2)55-34)37-24-22-36(23-25-37)40-26-29-45-46-30-27-41(52-33-51(38-13-5-3-6-14-38)56-53(57-52)39-15-7-4-8-16-39)32-50(46)54(49(45)31-40)47-19-11-9-17-43(47)44-18-10-12-20-48(44)54/h3-33H,1-2H3. The van der Waals surface area contributed by atoms with Crippen molar-refractivity contribution in [2.45, 2.75) is 19.3 Å². The summed E-state index contributed by atoms with van der Waals surface area (Å²) in [7, 11) is 0. The first-order valence-electron chi connectivity index (χ1n) is 19.6. The fourth-order valence-corrected chi connectivity index (χ4v) is 9.38. The maximum absolute atomic E-state index is 5.26. The maximum atomic E-state index is 5.26. The van der Waals surface area contributed by atoms with Crippen molar-refractivity contribution < 1.29 is 0 Å². The highest BCUT2D eigenvalue weighted by Crippen LogP contribution is 2.63. The molecule has 2 aliphatic carbocycles. The van der Waals surface area contributed by atoms with Gasteiger partial charge in [0.2, 0.25) is 0 Å². The van der Waals surface area contributed by atoms with Crippen molar-refractivity contribution in [1.82, 2.24) is 15.0 Å². The molecule has 2 aromatic heterocycles. The molecule has 1 spiro atoms. The summed E-state index contributed by atoms with van der Waals surface area (Å²) in [6, 6.07) is 68.1. The molecule has 0 saturated heterocycles. The topological polar surface area (TPSA) is 38.7 Å². The lowest BCUT2D eigenvalue weighted by molar-refractivity contribution is 0.794. The molecule has 7 aromatic carbocycles. The smallest absolute Gasteiger partial charge is 0.160 e. The molecule has 57 heavy (non-hydrogen) atoms. The van der Waals surface area contributed by atoms with Crippen LogP contribution < -0.4 is 0 Å². The summed E-state index contributed by atoms with van der Waals surface area (Å²) in [6.45, 7) is 4.13. The number of rotatable bonds is 5. The van der Waals surface area contributed by atoms with Crippen molar-refractivity contribution in [3.63, 3.8) is 0 Å². The van der Waals surface area contributed by atoms with Crippen molar-refractivity contribution in [2.24, 2.45) is 0 Å². The van der Waals surface area contributed by atoms with Gasteiger partial charge >= 0.3 is 0 Å². The molecule has 268 valence electrons. The first-order valence-corrected chi connectivity index (χ1v) is 19.6. The summed E-state index contributed by atoms with van der Waals surface area (Å²) >= 11 is 0. The third-order valence-corrected chi connectivity index (χ3v) is 12.0. The SMILES string of the molecule is Cc1ccc(-c2ccc(-c3ccc4c(c3)C3(c5ccccc5-c5ccccc53)c3cc(-c5cc(-c6ccccc6)nc(-c6ccccc6)n5)ccc3-4)cc2)c(C)n1. The van der Waals surface area contributed by atoms with Gasteiger partial charge in [-0.05, 0) is 99.3 Å². The van der Waals surface area contributed by atoms with Gasteiger partial charge in [-0.1, -0.05) is 164 Å². The quantitative estimate of drug-likeness (QED) is 0.177. The Morgan fingerprint density at radius 3 is 1.42 bits per heavy atom. The Morgan fingerprint density at radius 2 is 0.789 bits per heavy atom. The van der Waals surface area contributed by atoms with Crippen molar-refractivity contribution in [2.75, 3.05) is 0 Å². The minimum atomic E-state index is -0.508. The molecule has 3 heteroatoms. The van der Waals surface area contributed by atoms with E-state index in [-0.39, 0.29) is 0 Å². The van der Waals surface area contributed by atoms with Gasteiger partial charge < -0.3 is 0 Å². The van der Waals surface area contributed by atoms with Crippen molar-refractivity contribution in [3.8, 4) is 78.4 Å². The number of pyridine rings is 1. The molecule has 0 atom stereocenters. The van der Waals surface area contributed by atoms with E-state index < -0.39 is 5.41 Å². The summed E-state index contributed by atoms with van der Waals surface area (Å²) < 4.78 is 0. The molecule has 2 heterocycles. The molecule has 0 amide bonds. The molecular weight excluding hydrogens is 691 g/mol. The second-order valence-electron chi connectivity index (χ2n) is 15.2. The van der Waals surface area contributed by atoms with Crippen LogP contribution in [0.15, 0.2) is 188 Å². The van der Waals surface area contributed by atoms with Gasteiger partial charge in [-0.2, -0.15) is 0 Å². The van der Waals surface area contributed by atoms with E-state index in [1.54, 1.807) is 0 Å². The van der Waals surface area contributed by atoms with Gasteiger partial charge in [0.05, 0.1) is 16.8 Å². The second-order valence-corrected chi connectivity index (χ2v) is 15.2. The molecule has 9 aromatic rings. The van der Waals surface area contributed by atoms with E-state index in [4.69, 9.17) is 15.0 Å². The van der Waals surface area contributed by atoms with Crippen LogP contribution in [-0.2, 0) is 5.41 Å². The highest BCUT2D eigenvalue weighted by Gasteiger charge is 2.51. The number of aryl methyl sites for hydroxylation is 2. The molecule has 0 radical (unpaired) electrons. The Kier molecular flexibility index (Phi) is 7.52. The predicted molar refractivity (Wildman–Crippen MR) is 233 cm³/mol. The van der Waals surface area contributed by atoms with E-state index >= 15 is 0 Å². The van der Waals surface area contributed by atoms with Crippen LogP contribution in [0.4, 0.5) is 0 Å². The van der Waals surface area contributed by atoms with Crippen molar-refractivity contribution >= 4 is 0 Å². The Bertz CT molecular complexity index is 2920. The average molecular weight is 728 g/mol. The van der Waals surface area contributed by atoms with Crippen molar-refractivity contribution in [1.29, 1.82) is 0 Å². The van der Waals surface area contributed by atoms with Gasteiger partial charge in [0.25, 0.3) is 0 Å². The molecule has 0 N–H and O–H groups in total. The van der Waals surface area contributed by atoms with Crippen molar-refractivity contribution in [3.05, 3.63) is 222 Å². The van der Waals surface area contributed by atoms with Crippen LogP contribution in [0.1, 0.15) is 33.6 Å². The van der Waals surface area contributed by atoms with E-state index in [0.29, 0.717) is 5.82 Å². The Morgan fingerprint density at radius 1 is 0.316 bits per heavy atom. The zero-order valence-corrected chi connectivity index (χ0v) is 31.7. The molecule has 3 nitrogen and oxygen atoms in total. The fraction of sp³-hybridized carbons (Fsp3) is 0.0556. The minimum absolute atomic E-state index is 0.508. The monoisotopic (exact) mass is 727 g/mol. The Labute approximate surface area is 333 Å². The lowest BCUT2D eigenvalue weighted by atomic mass is 9.70. The molecule has 0 aliphatic heterocycles. The molecule has 0 unspecified atom stereocenters. The summed E-state index contributed by atoms with van der Waals surface area (Å²) in [5.74, 6) is 0.714. The Balaban J connectivity index is 1.11. The Hall–Kier alpha value is -7.23. The van der Waals surface area contributed by atoms with Gasteiger partial charge in [0, 0.05) is 33.6 Å². The van der Waals surface area contributed by atoms with Crippen LogP contribution in [-0.4, -0.2) is 15.0 Å². The number of nitrogens with zero attached hydrogens (tertiary/aromatic N) is 3. The normalized spacial score (nSPS) is 12.9. The van der Waals surface area contributed by atoms with E-state index in [1.165, 1.54) is 66.8 Å². The maximum Gasteiger partial charge on any atom is 0.160 e. The zero-order chi connectivity index (χ0) is 38.1. The molecule has 2 aliphatic rings. The first-order chi connectivity index (χ1) is 28.1. The van der Waals surface area contributed by atoms with Gasteiger partial charge in [-0.25, -0.2) is 9.97 Å². The van der Waals surface area contributed by atoms with E-state index in [0.717, 1.165) is 39.5 Å². The van der Waals surface area contributed by atoms with Crippen LogP contribution in [0.3, 0.4) is 0 Å². The summed E-state index contributed by atoms with van der Waals surface area (Å²) in [4.78, 5) is 15.1. The highest BCUT2D eigenvalue weighted by molar-refractivity contribution is 5.97. The second kappa shape index (κ2) is 12.9. The van der Waals surface area contributed by atoms with Gasteiger partial charge in [0.1, 0.15) is 0 Å². The van der Waals surface area contributed by atoms with Crippen LogP contribution >= 0.6 is 0 Å². The zero-order valence-electron chi connectivity index (χ0n) is 31.7. The minimum Gasteiger partial charge on any atom is -0.258 e. The highest BCUT2D eigenvalue weighted by atomic mass is 14.9. The predicted octanol–water partition coefficient (Wildman–Crippen LogP) is 13.2. The molecule has 0 fully saturated rings. The summed E-state index contributed by atoms with van der Waals surface area (Å²) in [6.07, 6.45) is 0. The van der Waals surface area contributed by atoms with E-state index in [1.807, 2.05) is 31.2 Å². The van der Waals surface area contributed by atoms with Crippen LogP contribution in [0.5, 0.6) is 0 Å². The number of hydrogen-bond acceptors (Lipinski definition) is 3. The fourth-order valence-electron chi connectivity index (χ4n) is 9.38. The number of aromatic nitrogens is 3. The van der Waals surface area contributed by atoms with E-state index in [9.17, 15) is 0 Å². The molecule has 0 bridgehead atoms.